The van der Waals surface area contributed by atoms with Crippen LogP contribution in [0.4, 0.5) is 10.2 Å². The number of halogens is 1. The summed E-state index contributed by atoms with van der Waals surface area (Å²) in [5.41, 5.74) is 0.557. The molecule has 0 aliphatic carbocycles. The standard InChI is InChI=1S/C14H22FN3O2S/c1-3-6-16-9-11-4-7-17-14(13(11)15)18(2)12-5-8-21(19,20)10-12/h4,7,12,16H,3,5-6,8-10H2,1-2H3. The van der Waals surface area contributed by atoms with Crippen molar-refractivity contribution in [3.63, 3.8) is 0 Å². The molecule has 1 N–H and O–H groups in total. The van der Waals surface area contributed by atoms with Crippen molar-refractivity contribution in [1.29, 1.82) is 0 Å². The van der Waals surface area contributed by atoms with Gasteiger partial charge in [0.15, 0.2) is 21.5 Å². The number of anilines is 1. The first-order valence-corrected chi connectivity index (χ1v) is 9.04. The van der Waals surface area contributed by atoms with Crippen LogP contribution in [0.3, 0.4) is 0 Å². The lowest BCUT2D eigenvalue weighted by molar-refractivity contribution is 0.567. The number of pyridine rings is 1. The smallest absolute Gasteiger partial charge is 0.170 e. The van der Waals surface area contributed by atoms with Crippen LogP contribution in [0.2, 0.25) is 0 Å². The molecule has 1 aliphatic heterocycles. The van der Waals surface area contributed by atoms with Gasteiger partial charge in [0.05, 0.1) is 11.5 Å². The van der Waals surface area contributed by atoms with Gasteiger partial charge in [0.25, 0.3) is 0 Å². The third kappa shape index (κ3) is 3.91. The summed E-state index contributed by atoms with van der Waals surface area (Å²) < 4.78 is 37.6. The molecule has 0 spiro atoms. The minimum absolute atomic E-state index is 0.0724. The van der Waals surface area contributed by atoms with Gasteiger partial charge in [0.1, 0.15) is 0 Å². The lowest BCUT2D eigenvalue weighted by Gasteiger charge is -2.25. The zero-order valence-electron chi connectivity index (χ0n) is 12.5. The van der Waals surface area contributed by atoms with E-state index >= 15 is 0 Å². The van der Waals surface area contributed by atoms with Crippen molar-refractivity contribution in [2.45, 2.75) is 32.4 Å². The Morgan fingerprint density at radius 2 is 2.29 bits per heavy atom. The molecule has 1 atom stereocenters. The molecule has 2 rings (SSSR count). The van der Waals surface area contributed by atoms with Crippen LogP contribution in [0.15, 0.2) is 12.3 Å². The van der Waals surface area contributed by atoms with Gasteiger partial charge in [-0.3, -0.25) is 0 Å². The van der Waals surface area contributed by atoms with E-state index in [1.807, 2.05) is 0 Å². The molecule has 21 heavy (non-hydrogen) atoms. The summed E-state index contributed by atoms with van der Waals surface area (Å²) in [4.78, 5) is 5.74. The number of nitrogens with zero attached hydrogens (tertiary/aromatic N) is 2. The Morgan fingerprint density at radius 3 is 2.90 bits per heavy atom. The predicted molar refractivity (Wildman–Crippen MR) is 81.7 cm³/mol. The minimum Gasteiger partial charge on any atom is -0.353 e. The van der Waals surface area contributed by atoms with E-state index in [0.29, 0.717) is 18.5 Å². The summed E-state index contributed by atoms with van der Waals surface area (Å²) in [5, 5.41) is 3.16. The fraction of sp³-hybridized carbons (Fsp3) is 0.643. The van der Waals surface area contributed by atoms with E-state index in [-0.39, 0.29) is 29.2 Å². The SMILES string of the molecule is CCCNCc1ccnc(N(C)C2CCS(=O)(=O)C2)c1F. The van der Waals surface area contributed by atoms with Crippen LogP contribution in [0.25, 0.3) is 0 Å². The minimum atomic E-state index is -2.99. The molecule has 0 saturated carbocycles. The molecule has 0 radical (unpaired) electrons. The lowest BCUT2D eigenvalue weighted by atomic mass is 10.2. The first kappa shape index (κ1) is 16.2. The molecule has 7 heteroatoms. The van der Waals surface area contributed by atoms with E-state index in [9.17, 15) is 12.8 Å². The lowest BCUT2D eigenvalue weighted by Crippen LogP contribution is -2.34. The van der Waals surface area contributed by atoms with E-state index in [2.05, 4.69) is 17.2 Å². The molecular formula is C14H22FN3O2S. The van der Waals surface area contributed by atoms with Gasteiger partial charge in [-0.25, -0.2) is 17.8 Å². The summed E-state index contributed by atoms with van der Waals surface area (Å²) >= 11 is 0. The van der Waals surface area contributed by atoms with E-state index in [4.69, 9.17) is 0 Å². The molecule has 1 aromatic rings. The molecule has 2 heterocycles. The van der Waals surface area contributed by atoms with Crippen molar-refractivity contribution in [2.24, 2.45) is 0 Å². The zero-order chi connectivity index (χ0) is 15.5. The van der Waals surface area contributed by atoms with Crippen molar-refractivity contribution in [3.05, 3.63) is 23.6 Å². The second-order valence-corrected chi connectivity index (χ2v) is 7.68. The fourth-order valence-electron chi connectivity index (χ4n) is 2.51. The van der Waals surface area contributed by atoms with Crippen LogP contribution in [0.1, 0.15) is 25.3 Å². The Labute approximate surface area is 125 Å². The number of nitrogens with one attached hydrogen (secondary N) is 1. The molecule has 1 aliphatic rings. The maximum absolute atomic E-state index is 14.5. The number of rotatable bonds is 6. The van der Waals surface area contributed by atoms with Crippen LogP contribution in [-0.2, 0) is 16.4 Å². The van der Waals surface area contributed by atoms with Crippen LogP contribution >= 0.6 is 0 Å². The van der Waals surface area contributed by atoms with Gasteiger partial charge in [-0.15, -0.1) is 0 Å². The molecule has 1 saturated heterocycles. The number of hydrogen-bond donors (Lipinski definition) is 1. The van der Waals surface area contributed by atoms with Crippen molar-refractivity contribution in [1.82, 2.24) is 10.3 Å². The van der Waals surface area contributed by atoms with Crippen molar-refractivity contribution < 1.29 is 12.8 Å². The zero-order valence-corrected chi connectivity index (χ0v) is 13.3. The third-order valence-corrected chi connectivity index (χ3v) is 5.53. The molecule has 1 aromatic heterocycles. The summed E-state index contributed by atoms with van der Waals surface area (Å²) in [5.74, 6) is 0.102. The van der Waals surface area contributed by atoms with E-state index < -0.39 is 9.84 Å². The molecule has 0 aromatic carbocycles. The van der Waals surface area contributed by atoms with Crippen molar-refractivity contribution in [2.75, 3.05) is 30.0 Å². The molecule has 1 unspecified atom stereocenters. The second-order valence-electron chi connectivity index (χ2n) is 5.45. The Morgan fingerprint density at radius 1 is 1.52 bits per heavy atom. The summed E-state index contributed by atoms with van der Waals surface area (Å²) in [6.07, 6.45) is 3.08. The molecule has 0 bridgehead atoms. The molecule has 1 fully saturated rings. The highest BCUT2D eigenvalue weighted by atomic mass is 32.2. The largest absolute Gasteiger partial charge is 0.353 e. The van der Waals surface area contributed by atoms with Gasteiger partial charge in [-0.2, -0.15) is 0 Å². The first-order chi connectivity index (χ1) is 9.94. The van der Waals surface area contributed by atoms with E-state index in [1.165, 1.54) is 0 Å². The van der Waals surface area contributed by atoms with Gasteiger partial charge in [-0.1, -0.05) is 6.92 Å². The Hall–Kier alpha value is -1.21. The normalized spacial score (nSPS) is 20.6. The fourth-order valence-corrected chi connectivity index (χ4v) is 4.28. The van der Waals surface area contributed by atoms with Crippen LogP contribution in [-0.4, -0.2) is 44.5 Å². The summed E-state index contributed by atoms with van der Waals surface area (Å²) in [6.45, 7) is 3.33. The molecule has 118 valence electrons. The number of sulfone groups is 1. The average molecular weight is 315 g/mol. The van der Waals surface area contributed by atoms with Crippen molar-refractivity contribution in [3.8, 4) is 0 Å². The van der Waals surface area contributed by atoms with Gasteiger partial charge in [-0.05, 0) is 25.5 Å². The van der Waals surface area contributed by atoms with Gasteiger partial charge in [0.2, 0.25) is 0 Å². The summed E-state index contributed by atoms with van der Waals surface area (Å²) in [6, 6.07) is 1.46. The number of hydrogen-bond acceptors (Lipinski definition) is 5. The maximum Gasteiger partial charge on any atom is 0.170 e. The Bertz CT molecular complexity index is 592. The highest BCUT2D eigenvalue weighted by molar-refractivity contribution is 7.91. The maximum atomic E-state index is 14.5. The third-order valence-electron chi connectivity index (χ3n) is 3.78. The monoisotopic (exact) mass is 315 g/mol. The van der Waals surface area contributed by atoms with Gasteiger partial charge >= 0.3 is 0 Å². The topological polar surface area (TPSA) is 62.3 Å². The van der Waals surface area contributed by atoms with Crippen LogP contribution in [0, 0.1) is 5.82 Å². The Balaban J connectivity index is 2.14. The van der Waals surface area contributed by atoms with Gasteiger partial charge in [0, 0.05) is 31.4 Å². The highest BCUT2D eigenvalue weighted by Gasteiger charge is 2.32. The van der Waals surface area contributed by atoms with Crippen LogP contribution < -0.4 is 10.2 Å². The molecule has 0 amide bonds. The molecular weight excluding hydrogens is 293 g/mol. The quantitative estimate of drug-likeness (QED) is 0.803. The highest BCUT2D eigenvalue weighted by Crippen LogP contribution is 2.25. The average Bonchev–Trinajstić information content (AvgIpc) is 2.80. The second kappa shape index (κ2) is 6.70. The number of aromatic nitrogens is 1. The van der Waals surface area contributed by atoms with E-state index in [1.54, 1.807) is 24.2 Å². The predicted octanol–water partition coefficient (Wildman–Crippen LogP) is 1.34. The van der Waals surface area contributed by atoms with Crippen molar-refractivity contribution >= 4 is 15.7 Å². The van der Waals surface area contributed by atoms with Gasteiger partial charge < -0.3 is 10.2 Å². The first-order valence-electron chi connectivity index (χ1n) is 7.22. The van der Waals surface area contributed by atoms with E-state index in [0.717, 1.165) is 13.0 Å². The summed E-state index contributed by atoms with van der Waals surface area (Å²) in [7, 11) is -1.28. The van der Waals surface area contributed by atoms with Crippen LogP contribution in [0.5, 0.6) is 0 Å². The molecule has 5 nitrogen and oxygen atoms in total. The Kier molecular flexibility index (Phi) is 5.16.